The minimum Gasteiger partial charge on any atom is -0.365 e. The molecule has 0 bridgehead atoms. The Labute approximate surface area is 158 Å². The van der Waals surface area contributed by atoms with Gasteiger partial charge in [-0.05, 0) is 35.2 Å². The van der Waals surface area contributed by atoms with Crippen LogP contribution in [0.25, 0.3) is 23.0 Å². The van der Waals surface area contributed by atoms with Crippen LogP contribution in [-0.4, -0.2) is 19.9 Å². The van der Waals surface area contributed by atoms with E-state index in [9.17, 15) is 0 Å². The van der Waals surface area contributed by atoms with Gasteiger partial charge in [-0.25, -0.2) is 0 Å². The summed E-state index contributed by atoms with van der Waals surface area (Å²) in [7, 11) is 0. The quantitative estimate of drug-likeness (QED) is 0.517. The third-order valence-electron chi connectivity index (χ3n) is 4.30. The molecule has 8 heteroatoms. The smallest absolute Gasteiger partial charge is 0.278 e. The normalized spacial score (nSPS) is 16.6. The topological polar surface area (TPSA) is 66.0 Å². The van der Waals surface area contributed by atoms with Gasteiger partial charge >= 0.3 is 0 Å². The number of hydrogen-bond acceptors (Lipinski definition) is 6. The molecule has 0 saturated heterocycles. The number of halogens is 1. The number of fused-ring (bicyclic) bond motifs is 1. The molecule has 3 aromatic heterocycles. The van der Waals surface area contributed by atoms with E-state index in [1.54, 1.807) is 11.3 Å². The monoisotopic (exact) mass is 384 g/mol. The van der Waals surface area contributed by atoms with Crippen LogP contribution in [0.2, 0.25) is 5.02 Å². The summed E-state index contributed by atoms with van der Waals surface area (Å²) in [5.41, 5.74) is 3.67. The van der Waals surface area contributed by atoms with Gasteiger partial charge in [0.1, 0.15) is 6.10 Å². The van der Waals surface area contributed by atoms with Crippen LogP contribution in [0.5, 0.6) is 0 Å². The van der Waals surface area contributed by atoms with E-state index < -0.39 is 0 Å². The van der Waals surface area contributed by atoms with Crippen molar-refractivity contribution < 1.29 is 9.26 Å². The van der Waals surface area contributed by atoms with Crippen molar-refractivity contribution in [2.24, 2.45) is 0 Å². The molecule has 26 heavy (non-hydrogen) atoms. The van der Waals surface area contributed by atoms with Gasteiger partial charge in [0.2, 0.25) is 5.82 Å². The number of benzene rings is 1. The first-order valence-electron chi connectivity index (χ1n) is 8.07. The van der Waals surface area contributed by atoms with Crippen molar-refractivity contribution in [1.82, 2.24) is 19.9 Å². The summed E-state index contributed by atoms with van der Waals surface area (Å²) in [6, 6.07) is 11.6. The van der Waals surface area contributed by atoms with Gasteiger partial charge in [-0.3, -0.25) is 4.68 Å². The first-order chi connectivity index (χ1) is 12.8. The highest BCUT2D eigenvalue weighted by Gasteiger charge is 2.24. The molecular formula is C18H13ClN4O2S. The van der Waals surface area contributed by atoms with Gasteiger partial charge in [0.05, 0.1) is 18.8 Å². The fourth-order valence-electron chi connectivity index (χ4n) is 2.95. The minimum absolute atomic E-state index is 0.0587. The van der Waals surface area contributed by atoms with Crippen molar-refractivity contribution >= 4 is 22.9 Å². The lowest BCUT2D eigenvalue weighted by Gasteiger charge is -2.24. The molecule has 1 aliphatic rings. The molecule has 5 rings (SSSR count). The Morgan fingerprint density at radius 1 is 1.19 bits per heavy atom. The van der Waals surface area contributed by atoms with Crippen LogP contribution >= 0.6 is 22.9 Å². The van der Waals surface area contributed by atoms with Crippen molar-refractivity contribution in [3.63, 3.8) is 0 Å². The molecular weight excluding hydrogens is 372 g/mol. The third kappa shape index (κ3) is 2.84. The summed E-state index contributed by atoms with van der Waals surface area (Å²) < 4.78 is 13.3. The molecule has 6 nitrogen and oxygen atoms in total. The van der Waals surface area contributed by atoms with E-state index in [2.05, 4.69) is 15.2 Å². The lowest BCUT2D eigenvalue weighted by atomic mass is 10.1. The van der Waals surface area contributed by atoms with E-state index in [4.69, 9.17) is 20.9 Å². The van der Waals surface area contributed by atoms with Gasteiger partial charge < -0.3 is 9.26 Å². The molecule has 0 radical (unpaired) electrons. The third-order valence-corrected chi connectivity index (χ3v) is 5.24. The maximum absolute atomic E-state index is 5.97. The van der Waals surface area contributed by atoms with Crippen molar-refractivity contribution in [3.8, 4) is 23.0 Å². The number of hydrogen-bond donors (Lipinski definition) is 0. The van der Waals surface area contributed by atoms with Crippen LogP contribution < -0.4 is 0 Å². The molecule has 4 heterocycles. The molecule has 0 aliphatic carbocycles. The lowest BCUT2D eigenvalue weighted by molar-refractivity contribution is -0.00112. The molecule has 4 aromatic rings. The molecule has 1 atom stereocenters. The molecule has 1 aliphatic heterocycles. The molecule has 0 spiro atoms. The Kier molecular flexibility index (Phi) is 3.85. The Morgan fingerprint density at radius 3 is 2.88 bits per heavy atom. The standard InChI is InChI=1S/C18H13ClN4O2S/c19-13-3-1-11(2-4-13)16-8-23-14(9-24-16)7-15(21-23)18-20-17(22-25-18)12-5-6-26-10-12/h1-7,10,16H,8-9H2/t16-/m1/s1. The number of nitrogens with zero attached hydrogens (tertiary/aromatic N) is 4. The molecule has 130 valence electrons. The predicted molar refractivity (Wildman–Crippen MR) is 97.8 cm³/mol. The fourth-order valence-corrected chi connectivity index (χ4v) is 3.71. The van der Waals surface area contributed by atoms with Crippen LogP contribution in [-0.2, 0) is 17.9 Å². The highest BCUT2D eigenvalue weighted by molar-refractivity contribution is 7.08. The summed E-state index contributed by atoms with van der Waals surface area (Å²) in [5, 5.41) is 13.3. The average molecular weight is 385 g/mol. The van der Waals surface area contributed by atoms with E-state index in [1.807, 2.05) is 51.8 Å². The second kappa shape index (κ2) is 6.35. The van der Waals surface area contributed by atoms with Crippen LogP contribution in [0.15, 0.2) is 51.7 Å². The summed E-state index contributed by atoms with van der Waals surface area (Å²) in [6.45, 7) is 1.11. The Hall–Kier alpha value is -2.48. The van der Waals surface area contributed by atoms with E-state index >= 15 is 0 Å². The van der Waals surface area contributed by atoms with Gasteiger partial charge in [-0.2, -0.15) is 21.4 Å². The van der Waals surface area contributed by atoms with Crippen LogP contribution in [0, 0.1) is 0 Å². The van der Waals surface area contributed by atoms with Gasteiger partial charge in [0.25, 0.3) is 5.89 Å². The second-order valence-electron chi connectivity index (χ2n) is 5.99. The Morgan fingerprint density at radius 2 is 2.08 bits per heavy atom. The van der Waals surface area contributed by atoms with Gasteiger partial charge in [-0.15, -0.1) is 0 Å². The number of ether oxygens (including phenoxy) is 1. The summed E-state index contributed by atoms with van der Waals surface area (Å²) in [5.74, 6) is 0.985. The predicted octanol–water partition coefficient (Wildman–Crippen LogP) is 4.59. The maximum atomic E-state index is 5.97. The highest BCUT2D eigenvalue weighted by Crippen LogP contribution is 2.30. The molecule has 0 fully saturated rings. The highest BCUT2D eigenvalue weighted by atomic mass is 35.5. The molecule has 1 aromatic carbocycles. The zero-order valence-corrected chi connectivity index (χ0v) is 15.1. The first-order valence-corrected chi connectivity index (χ1v) is 9.39. The van der Waals surface area contributed by atoms with Crippen molar-refractivity contribution in [2.45, 2.75) is 19.3 Å². The van der Waals surface area contributed by atoms with E-state index in [0.29, 0.717) is 35.6 Å². The van der Waals surface area contributed by atoms with E-state index in [-0.39, 0.29) is 6.10 Å². The zero-order chi connectivity index (χ0) is 17.5. The van der Waals surface area contributed by atoms with Crippen LogP contribution in [0.4, 0.5) is 0 Å². The molecule has 0 amide bonds. The number of rotatable bonds is 3. The summed E-state index contributed by atoms with van der Waals surface area (Å²) in [4.78, 5) is 4.45. The number of thiophene rings is 1. The molecule has 0 unspecified atom stereocenters. The van der Waals surface area contributed by atoms with Crippen LogP contribution in [0.3, 0.4) is 0 Å². The van der Waals surface area contributed by atoms with Crippen LogP contribution in [0.1, 0.15) is 17.4 Å². The molecule has 0 N–H and O–H groups in total. The van der Waals surface area contributed by atoms with E-state index in [1.165, 1.54) is 0 Å². The first kappa shape index (κ1) is 15.7. The maximum Gasteiger partial charge on any atom is 0.278 e. The second-order valence-corrected chi connectivity index (χ2v) is 7.21. The lowest BCUT2D eigenvalue weighted by Crippen LogP contribution is -2.21. The fraction of sp³-hybridized carbons (Fsp3) is 0.167. The summed E-state index contributed by atoms with van der Waals surface area (Å²) >= 11 is 7.56. The van der Waals surface area contributed by atoms with Crippen molar-refractivity contribution in [2.75, 3.05) is 0 Å². The van der Waals surface area contributed by atoms with Crippen molar-refractivity contribution in [3.05, 3.63) is 63.4 Å². The Bertz CT molecular complexity index is 1040. The zero-order valence-electron chi connectivity index (χ0n) is 13.5. The SMILES string of the molecule is Clc1ccc([C@H]2Cn3nc(-c4nc(-c5ccsc5)no4)cc3CO2)cc1. The average Bonchev–Trinajstić information content (AvgIpc) is 3.40. The Balaban J connectivity index is 1.40. The molecule has 0 saturated carbocycles. The minimum atomic E-state index is -0.0587. The van der Waals surface area contributed by atoms with Crippen molar-refractivity contribution in [1.29, 1.82) is 0 Å². The van der Waals surface area contributed by atoms with E-state index in [0.717, 1.165) is 16.8 Å². The summed E-state index contributed by atoms with van der Waals surface area (Å²) in [6.07, 6.45) is -0.0587. The van der Waals surface area contributed by atoms with Gasteiger partial charge in [0.15, 0.2) is 5.69 Å². The largest absolute Gasteiger partial charge is 0.365 e. The van der Waals surface area contributed by atoms with Gasteiger partial charge in [0, 0.05) is 16.0 Å². The van der Waals surface area contributed by atoms with Gasteiger partial charge in [-0.1, -0.05) is 28.9 Å². The number of aromatic nitrogens is 4.